The molecule has 0 saturated carbocycles. The van der Waals surface area contributed by atoms with Gasteiger partial charge in [-0.05, 0) is 0 Å². The van der Waals surface area contributed by atoms with Crippen molar-refractivity contribution < 1.29 is 8.98 Å². The Kier molecular flexibility index (Phi) is 3.93. The summed E-state index contributed by atoms with van der Waals surface area (Å²) in [6, 6.07) is 16.1. The average molecular weight is 291 g/mol. The summed E-state index contributed by atoms with van der Waals surface area (Å²) in [5.41, 5.74) is 1.19. The molecule has 2 rings (SSSR count). The molecule has 2 aromatic carbocycles. The van der Waals surface area contributed by atoms with E-state index in [1.54, 1.807) is 24.3 Å². The topological polar surface area (TPSA) is 52.2 Å². The van der Waals surface area contributed by atoms with E-state index in [-0.39, 0.29) is 5.91 Å². The van der Waals surface area contributed by atoms with Gasteiger partial charge in [-0.25, -0.2) is 0 Å². The molecule has 0 aromatic heterocycles. The van der Waals surface area contributed by atoms with Crippen molar-refractivity contribution in [3.63, 3.8) is 0 Å². The second-order valence-electron chi connectivity index (χ2n) is 3.40. The maximum absolute atomic E-state index is 12.0. The SMILES string of the molecule is O=C(Nc1ccccc1)c1ccccc1[Se][O-]. The number of nitrogens with one attached hydrogen (secondary N) is 1. The van der Waals surface area contributed by atoms with Crippen molar-refractivity contribution >= 4 is 31.3 Å². The zero-order valence-electron chi connectivity index (χ0n) is 8.92. The fourth-order valence-corrected chi connectivity index (χ4v) is 2.25. The monoisotopic (exact) mass is 292 g/mol. The molecule has 0 aliphatic rings. The molecular formula is C13H10NO2Se-. The van der Waals surface area contributed by atoms with Crippen LogP contribution in [-0.4, -0.2) is 21.2 Å². The standard InChI is InChI=1S/C13H11NO2Se/c15-13(14-10-6-2-1-3-7-10)11-8-4-5-9-12(11)17-16/h1-9,16H,(H,14,15)/p-1. The van der Waals surface area contributed by atoms with Gasteiger partial charge in [0.1, 0.15) is 0 Å². The average Bonchev–Trinajstić information content (AvgIpc) is 2.40. The van der Waals surface area contributed by atoms with Crippen LogP contribution in [0.15, 0.2) is 54.6 Å². The predicted octanol–water partition coefficient (Wildman–Crippen LogP) is 0.544. The summed E-state index contributed by atoms with van der Waals surface area (Å²) in [5, 5.41) is 2.77. The number of benzene rings is 2. The molecule has 17 heavy (non-hydrogen) atoms. The Balaban J connectivity index is 2.20. The first kappa shape index (κ1) is 11.9. The van der Waals surface area contributed by atoms with Gasteiger partial charge < -0.3 is 0 Å². The quantitative estimate of drug-likeness (QED) is 0.839. The molecule has 0 aliphatic carbocycles. The molecule has 0 spiro atoms. The fourth-order valence-electron chi connectivity index (χ4n) is 1.45. The van der Waals surface area contributed by atoms with Gasteiger partial charge in [0.05, 0.1) is 0 Å². The molecule has 3 nitrogen and oxygen atoms in total. The summed E-state index contributed by atoms with van der Waals surface area (Å²) in [7, 11) is 0. The Morgan fingerprint density at radius 2 is 1.65 bits per heavy atom. The Bertz CT molecular complexity index is 514. The molecule has 0 aliphatic heterocycles. The molecule has 1 N–H and O–H groups in total. The second-order valence-corrected chi connectivity index (χ2v) is 4.67. The minimum absolute atomic E-state index is 0.232. The first-order chi connectivity index (χ1) is 8.31. The summed E-state index contributed by atoms with van der Waals surface area (Å²) in [6.45, 7) is 0. The van der Waals surface area contributed by atoms with Gasteiger partial charge in [-0.15, -0.1) is 0 Å². The first-order valence-corrected chi connectivity index (χ1v) is 6.62. The van der Waals surface area contributed by atoms with Gasteiger partial charge in [-0.1, -0.05) is 0 Å². The number of hydrogen-bond donors (Lipinski definition) is 1. The third kappa shape index (κ3) is 2.94. The third-order valence-corrected chi connectivity index (χ3v) is 3.38. The Morgan fingerprint density at radius 3 is 2.35 bits per heavy atom. The van der Waals surface area contributed by atoms with E-state index in [2.05, 4.69) is 5.32 Å². The van der Waals surface area contributed by atoms with E-state index in [0.29, 0.717) is 10.0 Å². The van der Waals surface area contributed by atoms with Crippen LogP contribution in [0.2, 0.25) is 0 Å². The molecule has 0 fully saturated rings. The predicted molar refractivity (Wildman–Crippen MR) is 66.2 cm³/mol. The first-order valence-electron chi connectivity index (χ1n) is 5.06. The van der Waals surface area contributed by atoms with Gasteiger partial charge in [0.15, 0.2) is 0 Å². The number of carbonyl (C=O) groups excluding carboxylic acids is 1. The zero-order chi connectivity index (χ0) is 12.1. The van der Waals surface area contributed by atoms with Crippen molar-refractivity contribution in [1.29, 1.82) is 0 Å². The van der Waals surface area contributed by atoms with Crippen LogP contribution in [0.1, 0.15) is 10.4 Å². The van der Waals surface area contributed by atoms with Crippen LogP contribution < -0.4 is 14.0 Å². The Labute approximate surface area is 106 Å². The van der Waals surface area contributed by atoms with Gasteiger partial charge in [-0.3, -0.25) is 0 Å². The molecule has 0 atom stereocenters. The van der Waals surface area contributed by atoms with Crippen LogP contribution in [-0.2, 0) is 0 Å². The number of hydrogen-bond acceptors (Lipinski definition) is 2. The van der Waals surface area contributed by atoms with Gasteiger partial charge in [0.25, 0.3) is 0 Å². The Hall–Kier alpha value is -1.61. The minimum atomic E-state index is -0.926. The molecule has 0 radical (unpaired) electrons. The molecule has 0 bridgehead atoms. The Morgan fingerprint density at radius 1 is 1.00 bits per heavy atom. The molecule has 0 saturated heterocycles. The molecule has 4 heteroatoms. The number of amides is 1. The van der Waals surface area contributed by atoms with Gasteiger partial charge in [0, 0.05) is 0 Å². The molecular weight excluding hydrogens is 281 g/mol. The van der Waals surface area contributed by atoms with Crippen molar-refractivity contribution in [1.82, 2.24) is 0 Å². The van der Waals surface area contributed by atoms with Crippen LogP contribution in [0.25, 0.3) is 0 Å². The molecule has 0 unspecified atom stereocenters. The number of rotatable bonds is 3. The molecule has 2 aromatic rings. The van der Waals surface area contributed by atoms with Crippen LogP contribution >= 0.6 is 0 Å². The summed E-state index contributed by atoms with van der Waals surface area (Å²) >= 11 is -0.926. The fraction of sp³-hybridized carbons (Fsp3) is 0. The normalized spacial score (nSPS) is 9.94. The van der Waals surface area contributed by atoms with Crippen LogP contribution in [0.5, 0.6) is 0 Å². The van der Waals surface area contributed by atoms with Gasteiger partial charge in [0.2, 0.25) is 0 Å². The van der Waals surface area contributed by atoms with E-state index in [1.165, 1.54) is 0 Å². The van der Waals surface area contributed by atoms with Crippen molar-refractivity contribution in [2.24, 2.45) is 0 Å². The van der Waals surface area contributed by atoms with E-state index in [1.807, 2.05) is 30.3 Å². The van der Waals surface area contributed by atoms with Crippen LogP contribution in [0, 0.1) is 0 Å². The number of carbonyl (C=O) groups is 1. The van der Waals surface area contributed by atoms with Crippen molar-refractivity contribution in [2.75, 3.05) is 5.32 Å². The summed E-state index contributed by atoms with van der Waals surface area (Å²) in [5.74, 6) is -0.232. The molecule has 1 amide bonds. The van der Waals surface area contributed by atoms with Gasteiger partial charge >= 0.3 is 106 Å². The zero-order valence-corrected chi connectivity index (χ0v) is 10.6. The third-order valence-electron chi connectivity index (χ3n) is 2.25. The summed E-state index contributed by atoms with van der Waals surface area (Å²) in [4.78, 5) is 12.0. The second kappa shape index (κ2) is 5.64. The van der Waals surface area contributed by atoms with Crippen molar-refractivity contribution in [3.8, 4) is 0 Å². The van der Waals surface area contributed by atoms with Crippen molar-refractivity contribution in [2.45, 2.75) is 0 Å². The van der Waals surface area contributed by atoms with Crippen LogP contribution in [0.3, 0.4) is 0 Å². The van der Waals surface area contributed by atoms with Crippen molar-refractivity contribution in [3.05, 3.63) is 60.2 Å². The summed E-state index contributed by atoms with van der Waals surface area (Å²) in [6.07, 6.45) is 0. The van der Waals surface area contributed by atoms with E-state index >= 15 is 0 Å². The van der Waals surface area contributed by atoms with Crippen LogP contribution in [0.4, 0.5) is 5.69 Å². The van der Waals surface area contributed by atoms with Gasteiger partial charge in [-0.2, -0.15) is 0 Å². The molecule has 0 heterocycles. The number of para-hydroxylation sites is 1. The number of anilines is 1. The van der Waals surface area contributed by atoms with E-state index in [4.69, 9.17) is 0 Å². The summed E-state index contributed by atoms with van der Waals surface area (Å²) < 4.78 is 11.6. The molecule has 86 valence electrons. The van der Waals surface area contributed by atoms with E-state index in [0.717, 1.165) is 5.69 Å². The van der Waals surface area contributed by atoms with E-state index in [9.17, 15) is 8.98 Å². The maximum atomic E-state index is 12.0. The van der Waals surface area contributed by atoms with E-state index < -0.39 is 15.3 Å².